The van der Waals surface area contributed by atoms with Gasteiger partial charge in [0.25, 0.3) is 5.91 Å². The molecule has 0 bridgehead atoms. The van der Waals surface area contributed by atoms with Gasteiger partial charge in [-0.05, 0) is 6.07 Å². The number of aromatic nitrogens is 1. The molecule has 0 unspecified atom stereocenters. The largest absolute Gasteiger partial charge is 0.411 e. The molecule has 2 amide bonds. The zero-order valence-corrected chi connectivity index (χ0v) is 9.14. The number of pyridine rings is 1. The fraction of sp³-hybridized carbons (Fsp3) is 0.222. The second-order valence-corrected chi connectivity index (χ2v) is 2.89. The lowest BCUT2D eigenvalue weighted by Gasteiger charge is -2.13. The highest BCUT2D eigenvalue weighted by molar-refractivity contribution is 5.91. The van der Waals surface area contributed by atoms with Gasteiger partial charge in [0.05, 0.1) is 7.11 Å². The number of ether oxygens (including phenoxy) is 1. The van der Waals surface area contributed by atoms with Gasteiger partial charge < -0.3 is 10.5 Å². The Bertz CT molecular complexity index is 452. The molecule has 7 nitrogen and oxygen atoms in total. The predicted octanol–water partition coefficient (Wildman–Crippen LogP) is 0.312. The van der Waals surface area contributed by atoms with Crippen LogP contribution in [0.3, 0.4) is 0 Å². The number of halogens is 1. The van der Waals surface area contributed by atoms with Crippen LogP contribution < -0.4 is 10.5 Å². The summed E-state index contributed by atoms with van der Waals surface area (Å²) in [5, 5.41) is 0.777. The van der Waals surface area contributed by atoms with E-state index in [4.69, 9.17) is 5.73 Å². The minimum atomic E-state index is -1.11. The third-order valence-corrected chi connectivity index (χ3v) is 1.79. The van der Waals surface area contributed by atoms with Gasteiger partial charge in [0, 0.05) is 13.1 Å². The number of hydroxylamine groups is 2. The van der Waals surface area contributed by atoms with Crippen molar-refractivity contribution in [3.63, 3.8) is 0 Å². The second kappa shape index (κ2) is 5.21. The van der Waals surface area contributed by atoms with Crippen LogP contribution in [-0.2, 0) is 4.84 Å². The maximum atomic E-state index is 13.3. The van der Waals surface area contributed by atoms with Crippen LogP contribution >= 0.6 is 0 Å². The maximum absolute atomic E-state index is 13.3. The number of nitrogens with two attached hydrogens (primary N) is 1. The standard InChI is InChI=1S/C9H10FN3O4/c1-13(16-2)8(14)7-5(10)3-4-6(12-7)17-9(11)15/h3-4H,1-2H3,(H2,11,15). The lowest BCUT2D eigenvalue weighted by Crippen LogP contribution is -2.27. The Balaban J connectivity index is 3.06. The van der Waals surface area contributed by atoms with Crippen molar-refractivity contribution in [3.8, 4) is 5.88 Å². The number of rotatable bonds is 3. The summed E-state index contributed by atoms with van der Waals surface area (Å²) in [5.74, 6) is -1.96. The van der Waals surface area contributed by atoms with E-state index >= 15 is 0 Å². The average Bonchev–Trinajstić information content (AvgIpc) is 2.29. The van der Waals surface area contributed by atoms with Gasteiger partial charge in [0.2, 0.25) is 5.88 Å². The van der Waals surface area contributed by atoms with E-state index in [9.17, 15) is 14.0 Å². The van der Waals surface area contributed by atoms with Crippen molar-refractivity contribution < 1.29 is 23.6 Å². The van der Waals surface area contributed by atoms with Crippen LogP contribution in [0.1, 0.15) is 10.5 Å². The summed E-state index contributed by atoms with van der Waals surface area (Å²) in [5.41, 5.74) is 4.23. The molecule has 0 saturated heterocycles. The number of primary amides is 1. The smallest absolute Gasteiger partial charge is 0.391 e. The quantitative estimate of drug-likeness (QED) is 0.771. The van der Waals surface area contributed by atoms with Crippen LogP contribution in [0.5, 0.6) is 5.88 Å². The molecule has 1 rings (SSSR count). The molecule has 1 aromatic heterocycles. The van der Waals surface area contributed by atoms with E-state index in [1.165, 1.54) is 14.2 Å². The highest BCUT2D eigenvalue weighted by atomic mass is 19.1. The molecular formula is C9H10FN3O4. The van der Waals surface area contributed by atoms with E-state index in [0.29, 0.717) is 0 Å². The van der Waals surface area contributed by atoms with Gasteiger partial charge in [0.15, 0.2) is 11.5 Å². The van der Waals surface area contributed by atoms with Crippen LogP contribution in [0.4, 0.5) is 9.18 Å². The Hall–Kier alpha value is -2.22. The van der Waals surface area contributed by atoms with E-state index in [1.807, 2.05) is 0 Å². The van der Waals surface area contributed by atoms with Crippen LogP contribution in [0.15, 0.2) is 12.1 Å². The Morgan fingerprint density at radius 3 is 2.65 bits per heavy atom. The molecule has 2 N–H and O–H groups in total. The van der Waals surface area contributed by atoms with Gasteiger partial charge in [-0.2, -0.15) is 0 Å². The minimum absolute atomic E-state index is 0.272. The summed E-state index contributed by atoms with van der Waals surface area (Å²) >= 11 is 0. The summed E-state index contributed by atoms with van der Waals surface area (Å²) in [6.45, 7) is 0. The molecule has 1 heterocycles. The molecule has 92 valence electrons. The maximum Gasteiger partial charge on any atom is 0.411 e. The van der Waals surface area contributed by atoms with Crippen molar-refractivity contribution >= 4 is 12.0 Å². The van der Waals surface area contributed by atoms with Crippen molar-refractivity contribution in [2.45, 2.75) is 0 Å². The lowest BCUT2D eigenvalue weighted by molar-refractivity contribution is -0.0763. The molecule has 0 fully saturated rings. The monoisotopic (exact) mass is 243 g/mol. The first-order valence-corrected chi connectivity index (χ1v) is 4.41. The number of carbonyl (C=O) groups excluding carboxylic acids is 2. The van der Waals surface area contributed by atoms with E-state index < -0.39 is 23.5 Å². The highest BCUT2D eigenvalue weighted by Crippen LogP contribution is 2.13. The highest BCUT2D eigenvalue weighted by Gasteiger charge is 2.19. The molecule has 0 aromatic carbocycles. The van der Waals surface area contributed by atoms with Crippen molar-refractivity contribution in [3.05, 3.63) is 23.6 Å². The summed E-state index contributed by atoms with van der Waals surface area (Å²) < 4.78 is 17.7. The van der Waals surface area contributed by atoms with Gasteiger partial charge in [-0.15, -0.1) is 0 Å². The van der Waals surface area contributed by atoms with E-state index in [0.717, 1.165) is 17.2 Å². The fourth-order valence-electron chi connectivity index (χ4n) is 0.966. The normalized spacial score (nSPS) is 9.82. The fourth-order valence-corrected chi connectivity index (χ4v) is 0.966. The lowest BCUT2D eigenvalue weighted by atomic mass is 10.3. The number of amides is 2. The van der Waals surface area contributed by atoms with E-state index in [1.54, 1.807) is 0 Å². The SMILES string of the molecule is CON(C)C(=O)c1nc(OC(N)=O)ccc1F. The van der Waals surface area contributed by atoms with Crippen LogP contribution in [-0.4, -0.2) is 36.2 Å². The molecule has 0 atom stereocenters. The Morgan fingerprint density at radius 1 is 1.47 bits per heavy atom. The van der Waals surface area contributed by atoms with Gasteiger partial charge in [-0.25, -0.2) is 19.2 Å². The van der Waals surface area contributed by atoms with Crippen LogP contribution in [0.25, 0.3) is 0 Å². The van der Waals surface area contributed by atoms with Gasteiger partial charge >= 0.3 is 6.09 Å². The first kappa shape index (κ1) is 12.8. The van der Waals surface area contributed by atoms with Crippen molar-refractivity contribution in [2.24, 2.45) is 5.73 Å². The molecule has 0 saturated carbocycles. The summed E-state index contributed by atoms with van der Waals surface area (Å²) in [6, 6.07) is 2.01. The molecule has 17 heavy (non-hydrogen) atoms. The van der Waals surface area contributed by atoms with E-state index in [2.05, 4.69) is 14.6 Å². The Kier molecular flexibility index (Phi) is 3.94. The zero-order chi connectivity index (χ0) is 13.0. The Morgan fingerprint density at radius 2 is 2.12 bits per heavy atom. The summed E-state index contributed by atoms with van der Waals surface area (Å²) in [7, 11) is 2.52. The first-order chi connectivity index (χ1) is 7.95. The third kappa shape index (κ3) is 3.11. The first-order valence-electron chi connectivity index (χ1n) is 4.41. The average molecular weight is 243 g/mol. The van der Waals surface area contributed by atoms with Crippen LogP contribution in [0, 0.1) is 5.82 Å². The Labute approximate surface area is 95.9 Å². The van der Waals surface area contributed by atoms with Gasteiger partial charge in [0.1, 0.15) is 0 Å². The number of nitrogens with zero attached hydrogens (tertiary/aromatic N) is 2. The van der Waals surface area contributed by atoms with E-state index in [-0.39, 0.29) is 5.88 Å². The molecule has 8 heteroatoms. The topological polar surface area (TPSA) is 94.8 Å². The molecule has 1 aromatic rings. The second-order valence-electron chi connectivity index (χ2n) is 2.89. The molecule has 0 radical (unpaired) electrons. The van der Waals surface area contributed by atoms with Crippen molar-refractivity contribution in [1.82, 2.24) is 10.0 Å². The number of carbonyl (C=O) groups is 2. The minimum Gasteiger partial charge on any atom is -0.391 e. The zero-order valence-electron chi connectivity index (χ0n) is 9.14. The van der Waals surface area contributed by atoms with Crippen molar-refractivity contribution in [2.75, 3.05) is 14.2 Å². The molecule has 0 spiro atoms. The molecule has 0 aliphatic heterocycles. The number of hydrogen-bond acceptors (Lipinski definition) is 5. The molecule has 0 aliphatic rings. The van der Waals surface area contributed by atoms with Crippen LogP contribution in [0.2, 0.25) is 0 Å². The van der Waals surface area contributed by atoms with Gasteiger partial charge in [-0.3, -0.25) is 9.63 Å². The number of hydrogen-bond donors (Lipinski definition) is 1. The predicted molar refractivity (Wildman–Crippen MR) is 53.5 cm³/mol. The molecule has 0 aliphatic carbocycles. The van der Waals surface area contributed by atoms with Crippen molar-refractivity contribution in [1.29, 1.82) is 0 Å². The third-order valence-electron chi connectivity index (χ3n) is 1.79. The van der Waals surface area contributed by atoms with Gasteiger partial charge in [-0.1, -0.05) is 0 Å². The summed E-state index contributed by atoms with van der Waals surface area (Å²) in [4.78, 5) is 30.1. The molecular weight excluding hydrogens is 233 g/mol. The summed E-state index contributed by atoms with van der Waals surface area (Å²) in [6.07, 6.45) is -1.11.